The predicted octanol–water partition coefficient (Wildman–Crippen LogP) is 3.42. The van der Waals surface area contributed by atoms with Gasteiger partial charge in [0.15, 0.2) is 0 Å². The number of hydrogen-bond donors (Lipinski definition) is 3. The van der Waals surface area contributed by atoms with Crippen molar-refractivity contribution in [1.29, 1.82) is 0 Å². The van der Waals surface area contributed by atoms with Gasteiger partial charge in [-0.1, -0.05) is 68.0 Å². The lowest BCUT2D eigenvalue weighted by Gasteiger charge is -2.25. The van der Waals surface area contributed by atoms with Crippen LogP contribution < -0.4 is 16.0 Å². The van der Waals surface area contributed by atoms with Crippen LogP contribution in [0, 0.1) is 0 Å². The van der Waals surface area contributed by atoms with Crippen LogP contribution in [-0.2, 0) is 16.0 Å². The molecule has 3 rings (SSSR count). The van der Waals surface area contributed by atoms with Gasteiger partial charge in [0.2, 0.25) is 16.9 Å². The van der Waals surface area contributed by atoms with Gasteiger partial charge in [-0.2, -0.15) is 0 Å². The molecule has 31 heavy (non-hydrogen) atoms. The van der Waals surface area contributed by atoms with Gasteiger partial charge in [0, 0.05) is 18.0 Å². The second-order valence-electron chi connectivity index (χ2n) is 8.09. The minimum atomic E-state index is -0.277. The molecule has 2 amide bonds. The lowest BCUT2D eigenvalue weighted by Crippen LogP contribution is -2.49. The van der Waals surface area contributed by atoms with E-state index >= 15 is 0 Å². The van der Waals surface area contributed by atoms with Crippen LogP contribution in [-0.4, -0.2) is 40.6 Å². The maximum Gasteiger partial charge on any atom is 0.249 e. The quantitative estimate of drug-likeness (QED) is 0.518. The van der Waals surface area contributed by atoms with E-state index in [1.165, 1.54) is 23.0 Å². The average Bonchev–Trinajstić information content (AvgIpc) is 3.25. The highest BCUT2D eigenvalue weighted by Crippen LogP contribution is 2.22. The van der Waals surface area contributed by atoms with Crippen LogP contribution >= 0.6 is 11.3 Å². The van der Waals surface area contributed by atoms with Gasteiger partial charge >= 0.3 is 0 Å². The van der Waals surface area contributed by atoms with Gasteiger partial charge in [-0.25, -0.2) is 0 Å². The van der Waals surface area contributed by atoms with Crippen molar-refractivity contribution in [3.05, 3.63) is 53.1 Å². The summed E-state index contributed by atoms with van der Waals surface area (Å²) in [6.07, 6.45) is 7.76. The number of aromatic nitrogens is 2. The summed E-state index contributed by atoms with van der Waals surface area (Å²) in [4.78, 5) is 25.1. The first-order valence-electron chi connectivity index (χ1n) is 10.9. The fraction of sp³-hybridized carbons (Fsp3) is 0.478. The minimum absolute atomic E-state index is 0.00600. The molecule has 0 radical (unpaired) electrons. The molecule has 1 aromatic heterocycles. The summed E-state index contributed by atoms with van der Waals surface area (Å²) in [5, 5.41) is 18.6. The first kappa shape index (κ1) is 23.1. The largest absolute Gasteiger partial charge is 0.349 e. The van der Waals surface area contributed by atoms with Crippen molar-refractivity contribution < 1.29 is 9.59 Å². The first-order chi connectivity index (χ1) is 15.0. The van der Waals surface area contributed by atoms with E-state index in [1.54, 1.807) is 6.08 Å². The number of aryl methyl sites for hydroxylation is 1. The molecule has 1 aromatic carbocycles. The van der Waals surface area contributed by atoms with E-state index in [9.17, 15) is 9.59 Å². The van der Waals surface area contributed by atoms with Crippen LogP contribution in [0.25, 0.3) is 0 Å². The van der Waals surface area contributed by atoms with E-state index < -0.39 is 0 Å². The zero-order chi connectivity index (χ0) is 22.1. The lowest BCUT2D eigenvalue weighted by atomic mass is 10.0. The Morgan fingerprint density at radius 3 is 2.71 bits per heavy atom. The summed E-state index contributed by atoms with van der Waals surface area (Å²) in [5.41, 5.74) is 1.20. The van der Waals surface area contributed by atoms with Crippen molar-refractivity contribution >= 4 is 28.3 Å². The van der Waals surface area contributed by atoms with E-state index in [0.717, 1.165) is 37.2 Å². The third-order valence-electron chi connectivity index (χ3n) is 5.19. The van der Waals surface area contributed by atoms with Gasteiger partial charge in [0.05, 0.1) is 6.04 Å². The highest BCUT2D eigenvalue weighted by atomic mass is 32.1. The van der Waals surface area contributed by atoms with Crippen molar-refractivity contribution in [3.8, 4) is 0 Å². The molecule has 0 spiro atoms. The molecule has 0 unspecified atom stereocenters. The van der Waals surface area contributed by atoms with E-state index in [4.69, 9.17) is 0 Å². The monoisotopic (exact) mass is 441 g/mol. The van der Waals surface area contributed by atoms with Crippen LogP contribution in [0.1, 0.15) is 56.0 Å². The summed E-state index contributed by atoms with van der Waals surface area (Å²) in [5.74, 6) is -0.0144. The Labute approximate surface area is 187 Å². The predicted molar refractivity (Wildman–Crippen MR) is 124 cm³/mol. The third kappa shape index (κ3) is 7.56. The molecule has 8 heteroatoms. The zero-order valence-electron chi connectivity index (χ0n) is 18.1. The van der Waals surface area contributed by atoms with Crippen LogP contribution in [0.2, 0.25) is 0 Å². The van der Waals surface area contributed by atoms with Crippen molar-refractivity contribution in [2.24, 2.45) is 0 Å². The molecule has 1 saturated heterocycles. The molecular formula is C23H31N5O2S. The van der Waals surface area contributed by atoms with Gasteiger partial charge in [0.25, 0.3) is 0 Å². The third-order valence-corrected chi connectivity index (χ3v) is 6.33. The smallest absolute Gasteiger partial charge is 0.249 e. The number of piperidine rings is 1. The van der Waals surface area contributed by atoms with Crippen molar-refractivity contribution in [2.75, 3.05) is 11.9 Å². The normalized spacial score (nSPS) is 17.6. The van der Waals surface area contributed by atoms with E-state index in [2.05, 4.69) is 38.3 Å². The van der Waals surface area contributed by atoms with Crippen LogP contribution in [0.4, 0.5) is 5.13 Å². The molecule has 166 valence electrons. The Bertz CT molecular complexity index is 875. The summed E-state index contributed by atoms with van der Waals surface area (Å²) >= 11 is 1.37. The Morgan fingerprint density at radius 2 is 2.03 bits per heavy atom. The van der Waals surface area contributed by atoms with Crippen LogP contribution in [0.3, 0.4) is 0 Å². The highest BCUT2D eigenvalue weighted by Gasteiger charge is 2.22. The Balaban J connectivity index is 1.60. The molecule has 0 saturated carbocycles. The average molecular weight is 442 g/mol. The molecule has 0 bridgehead atoms. The lowest BCUT2D eigenvalue weighted by molar-refractivity contribution is -0.124. The summed E-state index contributed by atoms with van der Waals surface area (Å²) in [6, 6.07) is 9.74. The molecular weight excluding hydrogens is 410 g/mol. The van der Waals surface area contributed by atoms with Crippen molar-refractivity contribution in [2.45, 2.75) is 64.0 Å². The summed E-state index contributed by atoms with van der Waals surface area (Å²) in [7, 11) is 0. The summed E-state index contributed by atoms with van der Waals surface area (Å²) in [6.45, 7) is 4.94. The number of nitrogens with zero attached hydrogens (tertiary/aromatic N) is 2. The minimum Gasteiger partial charge on any atom is -0.349 e. The number of anilines is 1. The van der Waals surface area contributed by atoms with Gasteiger partial charge in [0.1, 0.15) is 5.01 Å². The Hall–Kier alpha value is -2.58. The zero-order valence-corrected chi connectivity index (χ0v) is 19.0. The second kappa shape index (κ2) is 11.7. The number of rotatable bonds is 9. The number of hydrogen-bond acceptors (Lipinski definition) is 6. The number of benzene rings is 1. The molecule has 7 nitrogen and oxygen atoms in total. The number of nitrogens with one attached hydrogen (secondary N) is 3. The number of amides is 2. The van der Waals surface area contributed by atoms with Gasteiger partial charge in [-0.05, 0) is 37.8 Å². The molecule has 0 aliphatic carbocycles. The molecule has 2 heterocycles. The molecule has 1 aliphatic heterocycles. The van der Waals surface area contributed by atoms with Gasteiger partial charge < -0.3 is 10.6 Å². The first-order valence-corrected chi connectivity index (χ1v) is 11.7. The maximum atomic E-state index is 12.7. The molecule has 1 aliphatic rings. The molecule has 3 N–H and O–H groups in total. The summed E-state index contributed by atoms with van der Waals surface area (Å²) < 4.78 is 0. The molecule has 2 aromatic rings. The fourth-order valence-electron chi connectivity index (χ4n) is 3.41. The Kier molecular flexibility index (Phi) is 8.73. The fourth-order valence-corrected chi connectivity index (χ4v) is 4.16. The SMILES string of the molecule is CC(C)c1nnc(NC(=O)/C=C/[C@H](CCc2ccccc2)NC(=O)[C@@H]2CCCCN2)s1. The van der Waals surface area contributed by atoms with E-state index in [1.807, 2.05) is 32.0 Å². The van der Waals surface area contributed by atoms with Crippen LogP contribution in [0.5, 0.6) is 0 Å². The topological polar surface area (TPSA) is 96.0 Å². The number of carbonyl (C=O) groups is 2. The Morgan fingerprint density at radius 1 is 1.23 bits per heavy atom. The second-order valence-corrected chi connectivity index (χ2v) is 9.10. The van der Waals surface area contributed by atoms with Crippen LogP contribution in [0.15, 0.2) is 42.5 Å². The standard InChI is InChI=1S/C23H31N5O2S/c1-16(2)22-27-28-23(31-22)26-20(29)14-13-18(12-11-17-8-4-3-5-9-17)25-21(30)19-10-6-7-15-24-19/h3-5,8-9,13-14,16,18-19,24H,6-7,10-12,15H2,1-2H3,(H,25,30)(H,26,28,29)/b14-13+/t18-,19-/m0/s1. The molecule has 1 fully saturated rings. The van der Waals surface area contributed by atoms with Crippen molar-refractivity contribution in [1.82, 2.24) is 20.8 Å². The highest BCUT2D eigenvalue weighted by molar-refractivity contribution is 7.15. The van der Waals surface area contributed by atoms with Gasteiger partial charge in [-0.15, -0.1) is 10.2 Å². The van der Waals surface area contributed by atoms with Crippen molar-refractivity contribution in [3.63, 3.8) is 0 Å². The number of carbonyl (C=O) groups excluding carboxylic acids is 2. The van der Waals surface area contributed by atoms with E-state index in [0.29, 0.717) is 11.6 Å². The molecule has 2 atom stereocenters. The van der Waals surface area contributed by atoms with Gasteiger partial charge in [-0.3, -0.25) is 14.9 Å². The van der Waals surface area contributed by atoms with E-state index in [-0.39, 0.29) is 29.8 Å². The maximum absolute atomic E-state index is 12.7.